The fraction of sp³-hybridized carbons (Fsp3) is 0.667. The average molecular weight is 627 g/mol. The topological polar surface area (TPSA) is 83.0 Å². The molecule has 0 spiro atoms. The Morgan fingerprint density at radius 2 is 0.628 bits per heavy atom. The van der Waals surface area contributed by atoms with Gasteiger partial charge in [0.25, 0.3) is 0 Å². The van der Waals surface area contributed by atoms with E-state index < -0.39 is 0 Å². The Morgan fingerprint density at radius 1 is 0.419 bits per heavy atom. The van der Waals surface area contributed by atoms with E-state index in [4.69, 9.17) is 18.9 Å². The van der Waals surface area contributed by atoms with E-state index >= 15 is 0 Å². The number of ether oxygens (including phenoxy) is 4. The molecule has 2 aromatic rings. The van der Waals surface area contributed by atoms with Gasteiger partial charge < -0.3 is 29.2 Å². The zero-order valence-corrected chi connectivity index (χ0v) is 30.3. The minimum absolute atomic E-state index is 0. The summed E-state index contributed by atoms with van der Waals surface area (Å²) in [5, 5.41) is 22.5. The first kappa shape index (κ1) is 42.1. The molecule has 4 aliphatic heterocycles. The fourth-order valence-electron chi connectivity index (χ4n) is 4.21. The second-order valence-corrected chi connectivity index (χ2v) is 12.8. The molecule has 4 heterocycles. The van der Waals surface area contributed by atoms with Gasteiger partial charge in [-0.05, 0) is 62.2 Å². The molecule has 4 saturated heterocycles. The van der Waals surface area contributed by atoms with Crippen molar-refractivity contribution in [1.82, 2.24) is 0 Å². The molecule has 2 aromatic carbocycles. The van der Waals surface area contributed by atoms with Crippen LogP contribution in [0, 0.1) is 0 Å². The number of para-hydroxylation sites is 2. The molecule has 0 aliphatic carbocycles. The first-order valence-electron chi connectivity index (χ1n) is 15.9. The van der Waals surface area contributed by atoms with Crippen molar-refractivity contribution in [3.63, 3.8) is 0 Å². The molecule has 0 aromatic heterocycles. The van der Waals surface area contributed by atoms with Crippen LogP contribution in [0.25, 0.3) is 0 Å². The van der Waals surface area contributed by atoms with Gasteiger partial charge in [-0.15, -0.1) is 11.5 Å². The molecule has 0 saturated carbocycles. The summed E-state index contributed by atoms with van der Waals surface area (Å²) in [6, 6.07) is 14.4. The quantitative estimate of drug-likeness (QED) is 0.295. The van der Waals surface area contributed by atoms with E-state index in [1.165, 1.54) is 51.4 Å². The van der Waals surface area contributed by atoms with Crippen molar-refractivity contribution in [3.8, 4) is 11.5 Å². The Morgan fingerprint density at radius 3 is 0.744 bits per heavy atom. The van der Waals surface area contributed by atoms with Gasteiger partial charge in [-0.1, -0.05) is 101 Å². The van der Waals surface area contributed by atoms with Crippen LogP contribution in [-0.4, -0.2) is 90.6 Å². The van der Waals surface area contributed by atoms with Gasteiger partial charge in [0.1, 0.15) is 0 Å². The Labute approximate surface area is 292 Å². The molecule has 0 radical (unpaired) electrons. The second kappa shape index (κ2) is 25.3. The van der Waals surface area contributed by atoms with Gasteiger partial charge in [0.05, 0.1) is 0 Å². The largest absolute Gasteiger partial charge is 2.00 e. The van der Waals surface area contributed by atoms with Crippen LogP contribution in [0.1, 0.15) is 104 Å². The van der Waals surface area contributed by atoms with Gasteiger partial charge in [0.15, 0.2) is 0 Å². The van der Waals surface area contributed by atoms with Crippen molar-refractivity contribution in [2.75, 3.05) is 52.9 Å². The maximum absolute atomic E-state index is 11.3. The van der Waals surface area contributed by atoms with Crippen LogP contribution in [0.2, 0.25) is 0 Å². The maximum Gasteiger partial charge on any atom is 2.00 e. The van der Waals surface area contributed by atoms with E-state index in [1.807, 2.05) is 65.8 Å². The molecule has 6 rings (SSSR count). The van der Waals surface area contributed by atoms with Crippen molar-refractivity contribution in [2.45, 2.75) is 104 Å². The fourth-order valence-corrected chi connectivity index (χ4v) is 4.21. The SMILES string of the molecule is C1CCOC1.C1CCOC1.C1CCOC1.C1CCOC1.CC(C)(C)c1ccccc1[O-].CC(C)(C)c1ccccc1[O-].[Ca+2]. The number of benzene rings is 2. The summed E-state index contributed by atoms with van der Waals surface area (Å²) in [5.74, 6) is 0.278. The molecule has 43 heavy (non-hydrogen) atoms. The van der Waals surface area contributed by atoms with Crippen molar-refractivity contribution < 1.29 is 29.2 Å². The minimum Gasteiger partial charge on any atom is -0.872 e. The third-order valence-electron chi connectivity index (χ3n) is 6.70. The van der Waals surface area contributed by atoms with Crippen LogP contribution in [0.3, 0.4) is 0 Å². The summed E-state index contributed by atoms with van der Waals surface area (Å²) in [6.07, 6.45) is 10.2. The van der Waals surface area contributed by atoms with Crippen LogP contribution < -0.4 is 10.2 Å². The van der Waals surface area contributed by atoms with Crippen LogP contribution in [0.4, 0.5) is 0 Å². The molecule has 6 nitrogen and oxygen atoms in total. The molecule has 0 bridgehead atoms. The summed E-state index contributed by atoms with van der Waals surface area (Å²) >= 11 is 0. The standard InChI is InChI=1S/2C10H14O.4C4H8O.Ca/c2*1-10(2,3)8-6-4-5-7-9(8)11;4*1-2-4-5-3-1;/h2*4-7,11H,1-3H3;4*1-4H2;/q;;;;;;+2/p-2. The van der Waals surface area contributed by atoms with Crippen LogP contribution in [0.5, 0.6) is 11.5 Å². The van der Waals surface area contributed by atoms with Crippen molar-refractivity contribution in [3.05, 3.63) is 59.7 Å². The van der Waals surface area contributed by atoms with Crippen molar-refractivity contribution in [1.29, 1.82) is 0 Å². The molecule has 0 unspecified atom stereocenters. The molecule has 0 N–H and O–H groups in total. The van der Waals surface area contributed by atoms with Gasteiger partial charge in [0, 0.05) is 52.9 Å². The van der Waals surface area contributed by atoms with E-state index in [9.17, 15) is 10.2 Å². The van der Waals surface area contributed by atoms with Crippen molar-refractivity contribution >= 4 is 37.7 Å². The van der Waals surface area contributed by atoms with Crippen LogP contribution in [-0.2, 0) is 29.8 Å². The molecular weight excluding hydrogens is 568 g/mol. The van der Waals surface area contributed by atoms with E-state index in [2.05, 4.69) is 0 Å². The van der Waals surface area contributed by atoms with Gasteiger partial charge in [-0.2, -0.15) is 0 Å². The number of hydrogen-bond acceptors (Lipinski definition) is 6. The van der Waals surface area contributed by atoms with E-state index in [0.29, 0.717) is 0 Å². The average Bonchev–Trinajstić information content (AvgIpc) is 3.79. The maximum atomic E-state index is 11.3. The third-order valence-corrected chi connectivity index (χ3v) is 6.70. The normalized spacial score (nSPS) is 17.1. The minimum atomic E-state index is -0.0294. The first-order valence-corrected chi connectivity index (χ1v) is 15.9. The first-order chi connectivity index (χ1) is 20.0. The smallest absolute Gasteiger partial charge is 0.872 e. The van der Waals surface area contributed by atoms with Crippen LogP contribution >= 0.6 is 0 Å². The molecule has 0 atom stereocenters. The van der Waals surface area contributed by atoms with Gasteiger partial charge in [0.2, 0.25) is 0 Å². The van der Waals surface area contributed by atoms with E-state index in [0.717, 1.165) is 64.0 Å². The van der Waals surface area contributed by atoms with E-state index in [1.54, 1.807) is 24.3 Å². The van der Waals surface area contributed by atoms with E-state index in [-0.39, 0.29) is 60.1 Å². The summed E-state index contributed by atoms with van der Waals surface area (Å²) in [7, 11) is 0. The zero-order chi connectivity index (χ0) is 31.1. The molecule has 4 aliphatic rings. The van der Waals surface area contributed by atoms with Gasteiger partial charge >= 0.3 is 37.7 Å². The summed E-state index contributed by atoms with van der Waals surface area (Å²) < 4.78 is 19.8. The summed E-state index contributed by atoms with van der Waals surface area (Å²) in [6.45, 7) is 20.3. The molecular formula is C36H58CaO6. The molecule has 0 amide bonds. The second-order valence-electron chi connectivity index (χ2n) is 12.8. The zero-order valence-electron chi connectivity index (χ0n) is 28.1. The predicted molar refractivity (Wildman–Crippen MR) is 175 cm³/mol. The Bertz CT molecular complexity index is 781. The summed E-state index contributed by atoms with van der Waals surface area (Å²) in [4.78, 5) is 0. The van der Waals surface area contributed by atoms with Gasteiger partial charge in [-0.25, -0.2) is 0 Å². The third kappa shape index (κ3) is 22.3. The van der Waals surface area contributed by atoms with Gasteiger partial charge in [-0.3, -0.25) is 0 Å². The molecule has 240 valence electrons. The van der Waals surface area contributed by atoms with Crippen molar-refractivity contribution in [2.24, 2.45) is 0 Å². The number of rotatable bonds is 0. The molecule has 7 heteroatoms. The van der Waals surface area contributed by atoms with Crippen LogP contribution in [0.15, 0.2) is 48.5 Å². The Hall–Kier alpha value is -0.860. The molecule has 4 fully saturated rings. The Kier molecular flexibility index (Phi) is 24.8. The number of hydrogen-bond donors (Lipinski definition) is 0. The monoisotopic (exact) mass is 626 g/mol. The Balaban J connectivity index is 0.000000510. The predicted octanol–water partition coefficient (Wildman–Crippen LogP) is 6.92. The summed E-state index contributed by atoms with van der Waals surface area (Å²) in [5.41, 5.74) is 1.72.